The zero-order chi connectivity index (χ0) is 14.3. The molecule has 1 amide bonds. The van der Waals surface area contributed by atoms with Crippen molar-refractivity contribution < 1.29 is 9.90 Å². The highest BCUT2D eigenvalue weighted by Gasteiger charge is 2.29. The Bertz CT molecular complexity index is 783. The average molecular weight is 272 g/mol. The second-order valence-corrected chi connectivity index (χ2v) is 4.81. The number of likely N-dealkylation sites (tertiary alicyclic amines) is 1. The molecule has 1 atom stereocenters. The lowest BCUT2D eigenvalue weighted by molar-refractivity contribution is 0.154. The SMILES string of the molecule is N#Cc1ccc2[nH]c(=O)n(C3CCN(C(=O)O)C3)c2c1. The van der Waals surface area contributed by atoms with Crippen molar-refractivity contribution in [2.75, 3.05) is 13.1 Å². The Morgan fingerprint density at radius 1 is 1.50 bits per heavy atom. The van der Waals surface area contributed by atoms with Crippen LogP contribution in [0.3, 0.4) is 0 Å². The number of H-pyrrole nitrogens is 1. The first-order valence-electron chi connectivity index (χ1n) is 6.22. The van der Waals surface area contributed by atoms with Gasteiger partial charge in [0.2, 0.25) is 0 Å². The van der Waals surface area contributed by atoms with Crippen LogP contribution in [-0.4, -0.2) is 38.7 Å². The second-order valence-electron chi connectivity index (χ2n) is 4.81. The normalized spacial score (nSPS) is 18.4. The van der Waals surface area contributed by atoms with Crippen molar-refractivity contribution in [2.24, 2.45) is 0 Å². The largest absolute Gasteiger partial charge is 0.465 e. The topological polar surface area (TPSA) is 102 Å². The molecule has 1 fully saturated rings. The minimum atomic E-state index is -0.974. The molecule has 2 heterocycles. The van der Waals surface area contributed by atoms with E-state index in [-0.39, 0.29) is 11.7 Å². The molecule has 1 aromatic carbocycles. The monoisotopic (exact) mass is 272 g/mol. The van der Waals surface area contributed by atoms with E-state index in [0.717, 1.165) is 0 Å². The summed E-state index contributed by atoms with van der Waals surface area (Å²) in [4.78, 5) is 27.0. The van der Waals surface area contributed by atoms with E-state index < -0.39 is 6.09 Å². The number of aromatic amines is 1. The Hall–Kier alpha value is -2.75. The molecular formula is C13H12N4O3. The molecule has 0 radical (unpaired) electrons. The van der Waals surface area contributed by atoms with Crippen LogP contribution in [0.25, 0.3) is 11.0 Å². The van der Waals surface area contributed by atoms with Crippen molar-refractivity contribution in [3.05, 3.63) is 34.2 Å². The first-order chi connectivity index (χ1) is 9.60. The first-order valence-corrected chi connectivity index (χ1v) is 6.22. The van der Waals surface area contributed by atoms with E-state index in [9.17, 15) is 9.59 Å². The van der Waals surface area contributed by atoms with E-state index in [4.69, 9.17) is 10.4 Å². The molecule has 7 nitrogen and oxygen atoms in total. The van der Waals surface area contributed by atoms with E-state index in [1.165, 1.54) is 4.90 Å². The summed E-state index contributed by atoms with van der Waals surface area (Å²) in [6.07, 6.45) is -0.381. The van der Waals surface area contributed by atoms with E-state index in [2.05, 4.69) is 4.98 Å². The standard InChI is InChI=1S/C13H12N4O3/c14-6-8-1-2-10-11(5-8)17(12(18)15-10)9-3-4-16(7-9)13(19)20/h1-2,5,9H,3-4,7H2,(H,15,18)(H,19,20). The molecule has 2 aromatic rings. The summed E-state index contributed by atoms with van der Waals surface area (Å²) in [5, 5.41) is 17.9. The van der Waals surface area contributed by atoms with Crippen LogP contribution in [-0.2, 0) is 0 Å². The third kappa shape index (κ3) is 1.82. The summed E-state index contributed by atoms with van der Waals surface area (Å²) < 4.78 is 1.55. The number of carboxylic acid groups (broad SMARTS) is 1. The third-order valence-corrected chi connectivity index (χ3v) is 3.65. The van der Waals surface area contributed by atoms with Crippen LogP contribution in [0, 0.1) is 11.3 Å². The van der Waals surface area contributed by atoms with Gasteiger partial charge in [-0.15, -0.1) is 0 Å². The second kappa shape index (κ2) is 4.42. The van der Waals surface area contributed by atoms with Crippen LogP contribution in [0.2, 0.25) is 0 Å². The fourth-order valence-electron chi connectivity index (χ4n) is 2.68. The number of nitrogens with one attached hydrogen (secondary N) is 1. The Morgan fingerprint density at radius 2 is 2.30 bits per heavy atom. The van der Waals surface area contributed by atoms with Gasteiger partial charge in [0.15, 0.2) is 0 Å². The molecule has 0 aliphatic carbocycles. The Kier molecular flexibility index (Phi) is 2.71. The summed E-state index contributed by atoms with van der Waals surface area (Å²) in [7, 11) is 0. The Morgan fingerprint density at radius 3 is 2.95 bits per heavy atom. The Labute approximate surface area is 113 Å². The maximum absolute atomic E-state index is 12.1. The van der Waals surface area contributed by atoms with Crippen molar-refractivity contribution in [3.8, 4) is 6.07 Å². The fourth-order valence-corrected chi connectivity index (χ4v) is 2.68. The lowest BCUT2D eigenvalue weighted by Gasteiger charge is -2.13. The van der Waals surface area contributed by atoms with Crippen molar-refractivity contribution in [2.45, 2.75) is 12.5 Å². The van der Waals surface area contributed by atoms with Crippen molar-refractivity contribution in [1.29, 1.82) is 5.26 Å². The van der Waals surface area contributed by atoms with Gasteiger partial charge in [0.25, 0.3) is 0 Å². The minimum Gasteiger partial charge on any atom is -0.465 e. The number of rotatable bonds is 1. The van der Waals surface area contributed by atoms with Gasteiger partial charge >= 0.3 is 11.8 Å². The number of carbonyl (C=O) groups is 1. The molecule has 0 bridgehead atoms. The van der Waals surface area contributed by atoms with Crippen LogP contribution in [0.1, 0.15) is 18.0 Å². The van der Waals surface area contributed by atoms with Gasteiger partial charge in [-0.05, 0) is 24.6 Å². The van der Waals surface area contributed by atoms with Gasteiger partial charge in [0.05, 0.1) is 28.7 Å². The molecule has 1 aromatic heterocycles. The van der Waals surface area contributed by atoms with Crippen LogP contribution in [0.4, 0.5) is 4.79 Å². The molecule has 0 spiro atoms. The van der Waals surface area contributed by atoms with Gasteiger partial charge in [-0.3, -0.25) is 4.57 Å². The highest BCUT2D eigenvalue weighted by molar-refractivity contribution is 5.77. The van der Waals surface area contributed by atoms with E-state index in [0.29, 0.717) is 36.1 Å². The zero-order valence-corrected chi connectivity index (χ0v) is 10.5. The maximum Gasteiger partial charge on any atom is 0.407 e. The zero-order valence-electron chi connectivity index (χ0n) is 10.5. The van der Waals surface area contributed by atoms with Crippen LogP contribution in [0.5, 0.6) is 0 Å². The van der Waals surface area contributed by atoms with Gasteiger partial charge in [0.1, 0.15) is 0 Å². The molecule has 1 unspecified atom stereocenters. The quantitative estimate of drug-likeness (QED) is 0.812. The van der Waals surface area contributed by atoms with Crippen molar-refractivity contribution in [1.82, 2.24) is 14.5 Å². The Balaban J connectivity index is 2.08. The fraction of sp³-hybridized carbons (Fsp3) is 0.308. The predicted octanol–water partition coefficient (Wildman–Crippen LogP) is 1.13. The van der Waals surface area contributed by atoms with Gasteiger partial charge < -0.3 is 15.0 Å². The van der Waals surface area contributed by atoms with Gasteiger partial charge in [0, 0.05) is 13.1 Å². The number of aromatic nitrogens is 2. The van der Waals surface area contributed by atoms with E-state index in [1.54, 1.807) is 22.8 Å². The molecule has 1 aliphatic heterocycles. The number of hydrogen-bond acceptors (Lipinski definition) is 3. The lowest BCUT2D eigenvalue weighted by atomic mass is 10.2. The van der Waals surface area contributed by atoms with Crippen LogP contribution in [0.15, 0.2) is 23.0 Å². The summed E-state index contributed by atoms with van der Waals surface area (Å²) in [6, 6.07) is 6.83. The highest BCUT2D eigenvalue weighted by atomic mass is 16.4. The first kappa shape index (κ1) is 12.3. The summed E-state index contributed by atoms with van der Waals surface area (Å²) in [6.45, 7) is 0.704. The molecule has 1 aliphatic rings. The van der Waals surface area contributed by atoms with E-state index >= 15 is 0 Å². The minimum absolute atomic E-state index is 0.193. The lowest BCUT2D eigenvalue weighted by Crippen LogP contribution is -2.29. The van der Waals surface area contributed by atoms with Crippen molar-refractivity contribution >= 4 is 17.1 Å². The summed E-state index contributed by atoms with van der Waals surface area (Å²) in [5.41, 5.74) is 1.50. The highest BCUT2D eigenvalue weighted by Crippen LogP contribution is 2.24. The molecule has 1 saturated heterocycles. The number of benzene rings is 1. The molecule has 7 heteroatoms. The molecule has 3 rings (SSSR count). The number of nitrogens with zero attached hydrogens (tertiary/aromatic N) is 3. The molecular weight excluding hydrogens is 260 g/mol. The van der Waals surface area contributed by atoms with E-state index in [1.807, 2.05) is 6.07 Å². The third-order valence-electron chi connectivity index (χ3n) is 3.65. The number of fused-ring (bicyclic) bond motifs is 1. The van der Waals surface area contributed by atoms with Gasteiger partial charge in [-0.1, -0.05) is 0 Å². The van der Waals surface area contributed by atoms with Crippen LogP contribution < -0.4 is 5.69 Å². The predicted molar refractivity (Wildman–Crippen MR) is 70.5 cm³/mol. The summed E-state index contributed by atoms with van der Waals surface area (Å²) >= 11 is 0. The molecule has 2 N–H and O–H groups in total. The van der Waals surface area contributed by atoms with Crippen molar-refractivity contribution in [3.63, 3.8) is 0 Å². The average Bonchev–Trinajstić information content (AvgIpc) is 3.00. The summed E-state index contributed by atoms with van der Waals surface area (Å²) in [5.74, 6) is 0. The molecule has 102 valence electrons. The van der Waals surface area contributed by atoms with Crippen LogP contribution >= 0.6 is 0 Å². The maximum atomic E-state index is 12.1. The number of nitriles is 1. The molecule has 20 heavy (non-hydrogen) atoms. The smallest absolute Gasteiger partial charge is 0.407 e. The number of amides is 1. The number of imidazole rings is 1. The van der Waals surface area contributed by atoms with Gasteiger partial charge in [-0.25, -0.2) is 9.59 Å². The number of hydrogen-bond donors (Lipinski definition) is 2. The van der Waals surface area contributed by atoms with Gasteiger partial charge in [-0.2, -0.15) is 5.26 Å². The molecule has 0 saturated carbocycles.